The zero-order chi connectivity index (χ0) is 24.2. The monoisotopic (exact) mass is 460 g/mol. The van der Waals surface area contributed by atoms with Gasteiger partial charge in [-0.15, -0.1) is 0 Å². The number of ether oxygens (including phenoxy) is 3. The van der Waals surface area contributed by atoms with E-state index in [1.54, 1.807) is 63.6 Å². The quantitative estimate of drug-likeness (QED) is 0.373. The number of nitrogens with zero attached hydrogens (tertiary/aromatic N) is 2. The number of aromatic nitrogens is 1. The Kier molecular flexibility index (Phi) is 6.63. The van der Waals surface area contributed by atoms with Crippen molar-refractivity contribution in [2.75, 3.05) is 28.4 Å². The Morgan fingerprint density at radius 3 is 2.18 bits per heavy atom. The Hall–Kier alpha value is -4.13. The van der Waals surface area contributed by atoms with E-state index in [1.165, 1.54) is 12.1 Å². The molecule has 0 bridgehead atoms. The molecule has 174 valence electrons. The molecule has 3 aromatic carbocycles. The van der Waals surface area contributed by atoms with E-state index in [1.807, 2.05) is 24.3 Å². The fraction of sp³-hybridized carbons (Fsp3) is 0.185. The molecule has 0 saturated carbocycles. The molecule has 0 aliphatic heterocycles. The molecule has 0 unspecified atom stereocenters. The summed E-state index contributed by atoms with van der Waals surface area (Å²) in [5.74, 6) is 0.982. The molecule has 0 atom stereocenters. The number of para-hydroxylation sites is 1. The van der Waals surface area contributed by atoms with Crippen LogP contribution < -0.4 is 14.2 Å². The highest BCUT2D eigenvalue weighted by Gasteiger charge is 2.20. The molecule has 0 aliphatic rings. The van der Waals surface area contributed by atoms with Crippen molar-refractivity contribution in [2.24, 2.45) is 0 Å². The molecule has 0 spiro atoms. The molecule has 4 rings (SSSR count). The number of fused-ring (bicyclic) bond motifs is 1. The van der Waals surface area contributed by atoms with Gasteiger partial charge in [-0.05, 0) is 42.0 Å². The number of methoxy groups -OCH3 is 3. The van der Waals surface area contributed by atoms with Crippen LogP contribution >= 0.6 is 0 Å². The number of hydrogen-bond donors (Lipinski definition) is 0. The van der Waals surface area contributed by atoms with Gasteiger partial charge in [0.25, 0.3) is 5.91 Å². The number of halogens is 1. The minimum absolute atomic E-state index is 0.170. The van der Waals surface area contributed by atoms with Gasteiger partial charge in [-0.2, -0.15) is 0 Å². The third-order valence-corrected chi connectivity index (χ3v) is 5.59. The van der Waals surface area contributed by atoms with Crippen molar-refractivity contribution in [2.45, 2.75) is 6.54 Å². The molecule has 34 heavy (non-hydrogen) atoms. The van der Waals surface area contributed by atoms with Crippen LogP contribution in [-0.2, 0) is 6.54 Å². The molecular weight excluding hydrogens is 435 g/mol. The second kappa shape index (κ2) is 9.79. The van der Waals surface area contributed by atoms with Gasteiger partial charge in [0.05, 0.1) is 38.1 Å². The van der Waals surface area contributed by atoms with Crippen LogP contribution in [0.5, 0.6) is 17.2 Å². The van der Waals surface area contributed by atoms with E-state index >= 15 is 0 Å². The summed E-state index contributed by atoms with van der Waals surface area (Å²) < 4.78 is 29.7. The Balaban J connectivity index is 1.80. The summed E-state index contributed by atoms with van der Waals surface area (Å²) in [6.07, 6.45) is 0. The van der Waals surface area contributed by atoms with Crippen molar-refractivity contribution in [3.8, 4) is 28.5 Å². The minimum atomic E-state index is -0.312. The number of amides is 1. The molecule has 0 aliphatic carbocycles. The zero-order valence-corrected chi connectivity index (χ0v) is 19.5. The highest BCUT2D eigenvalue weighted by atomic mass is 19.1. The van der Waals surface area contributed by atoms with Crippen LogP contribution in [-0.4, -0.2) is 44.2 Å². The lowest BCUT2D eigenvalue weighted by atomic mass is 10.0. The third kappa shape index (κ3) is 4.50. The second-order valence-electron chi connectivity index (χ2n) is 7.77. The highest BCUT2D eigenvalue weighted by molar-refractivity contribution is 6.07. The first-order valence-corrected chi connectivity index (χ1v) is 10.6. The Labute approximate surface area is 197 Å². The summed E-state index contributed by atoms with van der Waals surface area (Å²) in [5.41, 5.74) is 3.35. The van der Waals surface area contributed by atoms with E-state index in [4.69, 9.17) is 19.2 Å². The molecule has 1 aromatic heterocycles. The lowest BCUT2D eigenvalue weighted by Gasteiger charge is -2.19. The van der Waals surface area contributed by atoms with Gasteiger partial charge in [0.2, 0.25) is 5.75 Å². The summed E-state index contributed by atoms with van der Waals surface area (Å²) in [6, 6.07) is 19.0. The van der Waals surface area contributed by atoms with Crippen LogP contribution in [0.2, 0.25) is 0 Å². The van der Waals surface area contributed by atoms with Crippen LogP contribution in [0.4, 0.5) is 4.39 Å². The highest BCUT2D eigenvalue weighted by Crippen LogP contribution is 2.41. The average molecular weight is 461 g/mol. The van der Waals surface area contributed by atoms with E-state index in [-0.39, 0.29) is 11.7 Å². The average Bonchev–Trinajstić information content (AvgIpc) is 2.87. The van der Waals surface area contributed by atoms with Gasteiger partial charge in [-0.25, -0.2) is 9.37 Å². The molecule has 7 heteroatoms. The van der Waals surface area contributed by atoms with Crippen molar-refractivity contribution in [3.63, 3.8) is 0 Å². The number of hydrogen-bond acceptors (Lipinski definition) is 5. The van der Waals surface area contributed by atoms with Gasteiger partial charge in [0.15, 0.2) is 11.5 Å². The van der Waals surface area contributed by atoms with Crippen molar-refractivity contribution in [1.82, 2.24) is 9.88 Å². The summed E-state index contributed by atoms with van der Waals surface area (Å²) in [5, 5.41) is 0.745. The third-order valence-electron chi connectivity index (χ3n) is 5.59. The van der Waals surface area contributed by atoms with Crippen LogP contribution in [0.25, 0.3) is 22.2 Å². The number of rotatable bonds is 7. The number of carbonyl (C=O) groups is 1. The minimum Gasteiger partial charge on any atom is -0.493 e. The van der Waals surface area contributed by atoms with Gasteiger partial charge >= 0.3 is 0 Å². The molecule has 1 amide bonds. The first-order chi connectivity index (χ1) is 16.4. The van der Waals surface area contributed by atoms with E-state index < -0.39 is 0 Å². The predicted octanol–water partition coefficient (Wildman–Crippen LogP) is 5.34. The summed E-state index contributed by atoms with van der Waals surface area (Å²) in [4.78, 5) is 19.9. The molecule has 0 radical (unpaired) electrons. The van der Waals surface area contributed by atoms with Gasteiger partial charge < -0.3 is 19.1 Å². The molecule has 6 nitrogen and oxygen atoms in total. The lowest BCUT2D eigenvalue weighted by molar-refractivity contribution is 0.0787. The van der Waals surface area contributed by atoms with Crippen LogP contribution in [0.15, 0.2) is 66.7 Å². The summed E-state index contributed by atoms with van der Waals surface area (Å²) in [7, 11) is 6.37. The van der Waals surface area contributed by atoms with Crippen molar-refractivity contribution in [1.29, 1.82) is 0 Å². The van der Waals surface area contributed by atoms with Gasteiger partial charge in [0.1, 0.15) is 5.82 Å². The Bertz CT molecular complexity index is 1310. The first kappa shape index (κ1) is 23.0. The van der Waals surface area contributed by atoms with Crippen LogP contribution in [0.3, 0.4) is 0 Å². The topological polar surface area (TPSA) is 60.9 Å². The lowest BCUT2D eigenvalue weighted by Crippen LogP contribution is -2.26. The molecule has 4 aromatic rings. The van der Waals surface area contributed by atoms with E-state index in [2.05, 4.69) is 0 Å². The molecule has 0 fully saturated rings. The second-order valence-corrected chi connectivity index (χ2v) is 7.77. The fourth-order valence-corrected chi connectivity index (χ4v) is 3.87. The van der Waals surface area contributed by atoms with Gasteiger partial charge in [0, 0.05) is 24.5 Å². The van der Waals surface area contributed by atoms with Gasteiger partial charge in [-0.1, -0.05) is 30.3 Å². The number of benzene rings is 3. The summed E-state index contributed by atoms with van der Waals surface area (Å²) in [6.45, 7) is 0.343. The SMILES string of the molecule is COc1cc(-c2cc(C(=O)N(C)Cc3ccc(F)cc3)c3ccccc3n2)cc(OC)c1OC. The zero-order valence-electron chi connectivity index (χ0n) is 19.5. The molecule has 0 N–H and O–H groups in total. The smallest absolute Gasteiger partial charge is 0.254 e. The van der Waals surface area contributed by atoms with E-state index in [0.29, 0.717) is 40.6 Å². The maximum atomic E-state index is 13.5. The normalized spacial score (nSPS) is 10.7. The summed E-state index contributed by atoms with van der Waals surface area (Å²) >= 11 is 0. The molecular formula is C27H25FN2O4. The first-order valence-electron chi connectivity index (χ1n) is 10.6. The van der Waals surface area contributed by atoms with Crippen molar-refractivity contribution in [3.05, 3.63) is 83.7 Å². The maximum absolute atomic E-state index is 13.5. The number of pyridine rings is 1. The standard InChI is InChI=1S/C27H25FN2O4/c1-30(16-17-9-11-19(28)12-10-17)27(31)21-15-23(29-22-8-6-5-7-20(21)22)18-13-24(32-2)26(34-4)25(14-18)33-3/h5-15H,16H2,1-4H3. The molecule has 1 heterocycles. The van der Waals surface area contributed by atoms with E-state index in [9.17, 15) is 9.18 Å². The van der Waals surface area contributed by atoms with Crippen LogP contribution in [0, 0.1) is 5.82 Å². The number of carbonyl (C=O) groups excluding carboxylic acids is 1. The van der Waals surface area contributed by atoms with Crippen LogP contribution in [0.1, 0.15) is 15.9 Å². The Morgan fingerprint density at radius 1 is 0.912 bits per heavy atom. The van der Waals surface area contributed by atoms with E-state index in [0.717, 1.165) is 16.5 Å². The fourth-order valence-electron chi connectivity index (χ4n) is 3.87. The molecule has 0 saturated heterocycles. The van der Waals surface area contributed by atoms with Gasteiger partial charge in [-0.3, -0.25) is 4.79 Å². The maximum Gasteiger partial charge on any atom is 0.254 e. The Morgan fingerprint density at radius 2 is 1.56 bits per heavy atom. The largest absolute Gasteiger partial charge is 0.493 e. The van der Waals surface area contributed by atoms with Crippen molar-refractivity contribution >= 4 is 16.8 Å². The predicted molar refractivity (Wildman–Crippen MR) is 129 cm³/mol. The van der Waals surface area contributed by atoms with Crippen molar-refractivity contribution < 1.29 is 23.4 Å².